The zero-order chi connectivity index (χ0) is 49.5. The Balaban J connectivity index is 0.971. The van der Waals surface area contributed by atoms with Crippen LogP contribution in [-0.2, 0) is 5.41 Å². The molecule has 4 nitrogen and oxygen atoms in total. The Morgan fingerprint density at radius 1 is 0.267 bits per heavy atom. The molecule has 0 radical (unpaired) electrons. The largest absolute Gasteiger partial charge is 0.310 e. The molecule has 15 rings (SSSR count). The average molecular weight is 971 g/mol. The lowest BCUT2D eigenvalue weighted by atomic mass is 9.67. The van der Waals surface area contributed by atoms with Gasteiger partial charge in [0.2, 0.25) is 0 Å². The van der Waals surface area contributed by atoms with Gasteiger partial charge in [-0.15, -0.1) is 0 Å². The van der Waals surface area contributed by atoms with Crippen LogP contribution in [0.1, 0.15) is 22.3 Å². The van der Waals surface area contributed by atoms with E-state index < -0.39 is 13.5 Å². The minimum Gasteiger partial charge on any atom is -0.310 e. The van der Waals surface area contributed by atoms with Crippen molar-refractivity contribution >= 4 is 45.9 Å². The SMILES string of the molecule is c1ccc(-c2nc(-c3ccccc3)nc(-c3cccc(N(c4cccc(C5(c6ccccc6)c6ccccc6-c6ccccc65)c4)c4ccc5c(c4)-c4ccccc4[Si]54c5ccccc5-c5ccccc54)c3)n2)cc1. The van der Waals surface area contributed by atoms with Crippen molar-refractivity contribution in [3.63, 3.8) is 0 Å². The fourth-order valence-electron chi connectivity index (χ4n) is 13.0. The van der Waals surface area contributed by atoms with E-state index in [-0.39, 0.29) is 0 Å². The third-order valence-electron chi connectivity index (χ3n) is 16.0. The lowest BCUT2D eigenvalue weighted by Gasteiger charge is -2.35. The standard InChI is InChI=1S/C70H46N4Si/c1-4-22-47(23-5-1)67-71-68(48-24-6-2-7-25-48)73-69(72-67)49-26-20-30-52(44-49)74(53-31-21-29-51(45-53)70(50-27-8-3-9-28-50)61-37-15-10-32-55(61)56-33-11-16-38-62(56)70)54-42-43-66-60(46-54)59-36-14-19-41-65(59)75(66)63-39-17-12-34-57(63)58-35-13-18-40-64(58)75/h1-46H. The Labute approximate surface area is 437 Å². The maximum Gasteiger partial charge on any atom is 0.182 e. The first kappa shape index (κ1) is 43.1. The Hall–Kier alpha value is -9.55. The summed E-state index contributed by atoms with van der Waals surface area (Å²) in [5, 5.41) is 5.81. The molecule has 0 N–H and O–H groups in total. The van der Waals surface area contributed by atoms with Gasteiger partial charge in [-0.25, -0.2) is 15.0 Å². The molecule has 1 aromatic heterocycles. The van der Waals surface area contributed by atoms with Gasteiger partial charge in [-0.05, 0) is 113 Å². The van der Waals surface area contributed by atoms with Crippen LogP contribution in [0.25, 0.3) is 67.5 Å². The fraction of sp³-hybridized carbons (Fsp3) is 0.0143. The molecule has 0 unspecified atom stereocenters. The van der Waals surface area contributed by atoms with Crippen molar-refractivity contribution in [1.29, 1.82) is 0 Å². The van der Waals surface area contributed by atoms with Crippen LogP contribution in [-0.4, -0.2) is 23.0 Å². The number of rotatable bonds is 8. The molecular weight excluding hydrogens is 925 g/mol. The lowest BCUT2D eigenvalue weighted by molar-refractivity contribution is 0.768. The number of hydrogen-bond acceptors (Lipinski definition) is 4. The monoisotopic (exact) mass is 970 g/mol. The molecule has 0 saturated carbocycles. The minimum absolute atomic E-state index is 0.581. The maximum atomic E-state index is 5.21. The predicted molar refractivity (Wildman–Crippen MR) is 310 cm³/mol. The first-order chi connectivity index (χ1) is 37.2. The normalized spacial score (nSPS) is 13.5. The molecule has 2 aliphatic heterocycles. The minimum atomic E-state index is -2.67. The van der Waals surface area contributed by atoms with Crippen molar-refractivity contribution in [3.05, 3.63) is 301 Å². The molecule has 12 aromatic rings. The van der Waals surface area contributed by atoms with E-state index in [9.17, 15) is 0 Å². The van der Waals surface area contributed by atoms with Gasteiger partial charge in [-0.3, -0.25) is 0 Å². The molecule has 1 spiro atoms. The van der Waals surface area contributed by atoms with Gasteiger partial charge in [0.15, 0.2) is 25.5 Å². The summed E-state index contributed by atoms with van der Waals surface area (Å²) in [5.74, 6) is 1.86. The Bertz CT molecular complexity index is 4060. The molecule has 3 aliphatic rings. The van der Waals surface area contributed by atoms with E-state index in [0.29, 0.717) is 17.5 Å². The number of benzene rings is 11. The highest BCUT2D eigenvalue weighted by Crippen LogP contribution is 2.57. The summed E-state index contributed by atoms with van der Waals surface area (Å²) in [6.45, 7) is 0. The Morgan fingerprint density at radius 2 is 0.653 bits per heavy atom. The van der Waals surface area contributed by atoms with Crippen LogP contribution in [0.3, 0.4) is 0 Å². The number of anilines is 3. The second-order valence-electron chi connectivity index (χ2n) is 19.8. The van der Waals surface area contributed by atoms with E-state index in [2.05, 4.69) is 248 Å². The number of hydrogen-bond donors (Lipinski definition) is 0. The molecule has 5 heteroatoms. The Kier molecular flexibility index (Phi) is 9.78. The number of nitrogens with zero attached hydrogens (tertiary/aromatic N) is 4. The van der Waals surface area contributed by atoms with Crippen molar-refractivity contribution in [2.45, 2.75) is 5.41 Å². The lowest BCUT2D eigenvalue weighted by Crippen LogP contribution is -2.70. The number of fused-ring (bicyclic) bond motifs is 13. The molecule has 0 bridgehead atoms. The molecule has 0 saturated heterocycles. The third-order valence-corrected chi connectivity index (χ3v) is 21.0. The summed E-state index contributed by atoms with van der Waals surface area (Å²) >= 11 is 0. The highest BCUT2D eigenvalue weighted by molar-refractivity contribution is 7.24. The van der Waals surface area contributed by atoms with Gasteiger partial charge >= 0.3 is 0 Å². The van der Waals surface area contributed by atoms with Crippen LogP contribution in [0.4, 0.5) is 17.1 Å². The Morgan fingerprint density at radius 3 is 1.21 bits per heavy atom. The van der Waals surface area contributed by atoms with Gasteiger partial charge in [0.05, 0.1) is 5.41 Å². The van der Waals surface area contributed by atoms with Crippen LogP contribution in [0.2, 0.25) is 0 Å². The van der Waals surface area contributed by atoms with E-state index in [0.717, 1.165) is 33.8 Å². The van der Waals surface area contributed by atoms with Gasteiger partial charge in [0, 0.05) is 33.8 Å². The number of aromatic nitrogens is 3. The summed E-state index contributed by atoms with van der Waals surface area (Å²) in [5.41, 5.74) is 18.1. The highest BCUT2D eigenvalue weighted by Gasteiger charge is 2.54. The molecule has 11 aromatic carbocycles. The first-order valence-electron chi connectivity index (χ1n) is 25.8. The van der Waals surface area contributed by atoms with Gasteiger partial charge in [0.25, 0.3) is 0 Å². The smallest absolute Gasteiger partial charge is 0.182 e. The van der Waals surface area contributed by atoms with Crippen molar-refractivity contribution < 1.29 is 0 Å². The summed E-state index contributed by atoms with van der Waals surface area (Å²) in [6, 6.07) is 102. The zero-order valence-electron chi connectivity index (χ0n) is 40.8. The van der Waals surface area contributed by atoms with Gasteiger partial charge in [0.1, 0.15) is 0 Å². The molecule has 1 aliphatic carbocycles. The second-order valence-corrected chi connectivity index (χ2v) is 23.5. The topological polar surface area (TPSA) is 41.9 Å². The van der Waals surface area contributed by atoms with Crippen molar-refractivity contribution in [2.75, 3.05) is 4.90 Å². The van der Waals surface area contributed by atoms with Crippen LogP contribution >= 0.6 is 0 Å². The summed E-state index contributed by atoms with van der Waals surface area (Å²) in [4.78, 5) is 17.9. The second kappa shape index (κ2) is 17.0. The van der Waals surface area contributed by atoms with E-state index in [1.807, 2.05) is 36.4 Å². The molecular formula is C70H46N4Si. The summed E-state index contributed by atoms with van der Waals surface area (Å²) < 4.78 is 0. The summed E-state index contributed by atoms with van der Waals surface area (Å²) in [6.07, 6.45) is 0. The van der Waals surface area contributed by atoms with Crippen molar-refractivity contribution in [1.82, 2.24) is 15.0 Å². The molecule has 0 fully saturated rings. The van der Waals surface area contributed by atoms with Crippen LogP contribution in [0, 0.1) is 0 Å². The van der Waals surface area contributed by atoms with Crippen LogP contribution < -0.4 is 25.6 Å². The molecule has 75 heavy (non-hydrogen) atoms. The van der Waals surface area contributed by atoms with E-state index in [4.69, 9.17) is 15.0 Å². The van der Waals surface area contributed by atoms with E-state index >= 15 is 0 Å². The quantitative estimate of drug-likeness (QED) is 0.142. The van der Waals surface area contributed by atoms with Crippen molar-refractivity contribution in [2.24, 2.45) is 0 Å². The maximum absolute atomic E-state index is 5.21. The van der Waals surface area contributed by atoms with Crippen LogP contribution in [0.15, 0.2) is 279 Å². The van der Waals surface area contributed by atoms with E-state index in [1.165, 1.54) is 76.4 Å². The average Bonchev–Trinajstić information content (AvgIpc) is 4.09. The molecule has 350 valence electrons. The van der Waals surface area contributed by atoms with Gasteiger partial charge in [-0.2, -0.15) is 0 Å². The summed E-state index contributed by atoms with van der Waals surface area (Å²) in [7, 11) is -2.67. The highest BCUT2D eigenvalue weighted by atomic mass is 28.3. The first-order valence-corrected chi connectivity index (χ1v) is 27.8. The fourth-order valence-corrected chi connectivity index (χ4v) is 18.6. The van der Waals surface area contributed by atoms with Crippen molar-refractivity contribution in [3.8, 4) is 67.5 Å². The predicted octanol–water partition coefficient (Wildman–Crippen LogP) is 14.0. The zero-order valence-corrected chi connectivity index (χ0v) is 41.8. The van der Waals surface area contributed by atoms with Crippen LogP contribution in [0.5, 0.6) is 0 Å². The molecule has 3 heterocycles. The van der Waals surface area contributed by atoms with Gasteiger partial charge < -0.3 is 4.90 Å². The molecule has 0 atom stereocenters. The molecule has 0 amide bonds. The van der Waals surface area contributed by atoms with E-state index in [1.54, 1.807) is 0 Å². The third kappa shape index (κ3) is 6.38. The van der Waals surface area contributed by atoms with Gasteiger partial charge in [-0.1, -0.05) is 243 Å².